The number of aromatic hydroxyl groups is 1. The molecule has 0 aliphatic heterocycles. The Labute approximate surface area is 119 Å². The second-order valence-electron chi connectivity index (χ2n) is 5.08. The van der Waals surface area contributed by atoms with E-state index in [0.717, 1.165) is 6.42 Å². The number of nitrogens with zero attached hydrogens (tertiary/aromatic N) is 2. The van der Waals surface area contributed by atoms with Crippen LogP contribution in [0.3, 0.4) is 0 Å². The molecule has 0 bridgehead atoms. The smallest absolute Gasteiger partial charge is 0.223 e. The van der Waals surface area contributed by atoms with Crippen LogP contribution in [0.15, 0.2) is 24.3 Å². The standard InChI is InChI=1S/C16H21N3O/c1-5-14(13-8-6-10(2)7-9-13)19-16-17-11(3)15(20)12(4)18-16/h6-9,14,20H,5H2,1-4H3,(H,17,18,19). The lowest BCUT2D eigenvalue weighted by Gasteiger charge is -2.18. The molecule has 1 atom stereocenters. The quantitative estimate of drug-likeness (QED) is 0.890. The number of benzene rings is 1. The van der Waals surface area contributed by atoms with Gasteiger partial charge in [0.1, 0.15) is 0 Å². The summed E-state index contributed by atoms with van der Waals surface area (Å²) >= 11 is 0. The van der Waals surface area contributed by atoms with Crippen LogP contribution in [0.25, 0.3) is 0 Å². The summed E-state index contributed by atoms with van der Waals surface area (Å²) in [6.07, 6.45) is 0.936. The molecule has 1 heterocycles. The minimum atomic E-state index is 0.166. The normalized spacial score (nSPS) is 12.2. The first kappa shape index (κ1) is 14.3. The summed E-state index contributed by atoms with van der Waals surface area (Å²) in [5.74, 6) is 0.726. The van der Waals surface area contributed by atoms with E-state index in [9.17, 15) is 5.11 Å². The Balaban J connectivity index is 2.24. The molecule has 0 radical (unpaired) electrons. The van der Waals surface area contributed by atoms with Crippen molar-refractivity contribution in [2.24, 2.45) is 0 Å². The molecule has 4 heteroatoms. The van der Waals surface area contributed by atoms with Gasteiger partial charge in [-0.05, 0) is 32.8 Å². The molecule has 0 amide bonds. The molecule has 1 unspecified atom stereocenters. The van der Waals surface area contributed by atoms with Crippen molar-refractivity contribution >= 4 is 5.95 Å². The summed E-state index contributed by atoms with van der Waals surface area (Å²) in [6.45, 7) is 7.76. The van der Waals surface area contributed by atoms with Crippen LogP contribution in [0.1, 0.15) is 41.9 Å². The van der Waals surface area contributed by atoms with E-state index in [4.69, 9.17) is 0 Å². The second-order valence-corrected chi connectivity index (χ2v) is 5.08. The Morgan fingerprint density at radius 1 is 1.05 bits per heavy atom. The summed E-state index contributed by atoms with van der Waals surface area (Å²) in [5, 5.41) is 13.1. The van der Waals surface area contributed by atoms with Gasteiger partial charge in [-0.15, -0.1) is 0 Å². The summed E-state index contributed by atoms with van der Waals surface area (Å²) in [5.41, 5.74) is 3.65. The van der Waals surface area contributed by atoms with Gasteiger partial charge < -0.3 is 10.4 Å². The summed E-state index contributed by atoms with van der Waals surface area (Å²) in [4.78, 5) is 8.58. The fourth-order valence-electron chi connectivity index (χ4n) is 2.15. The van der Waals surface area contributed by atoms with Crippen molar-refractivity contribution in [1.29, 1.82) is 0 Å². The van der Waals surface area contributed by atoms with Crippen molar-refractivity contribution in [3.63, 3.8) is 0 Å². The Hall–Kier alpha value is -2.10. The summed E-state index contributed by atoms with van der Waals surface area (Å²) in [7, 11) is 0. The Morgan fingerprint density at radius 3 is 2.10 bits per heavy atom. The average Bonchev–Trinajstić information content (AvgIpc) is 2.43. The van der Waals surface area contributed by atoms with Gasteiger partial charge in [-0.25, -0.2) is 9.97 Å². The van der Waals surface area contributed by atoms with E-state index in [1.807, 2.05) is 0 Å². The highest BCUT2D eigenvalue weighted by Crippen LogP contribution is 2.24. The van der Waals surface area contributed by atoms with Gasteiger partial charge in [0.05, 0.1) is 17.4 Å². The van der Waals surface area contributed by atoms with Crippen molar-refractivity contribution in [2.45, 2.75) is 40.2 Å². The highest BCUT2D eigenvalue weighted by atomic mass is 16.3. The van der Waals surface area contributed by atoms with E-state index in [-0.39, 0.29) is 11.8 Å². The Morgan fingerprint density at radius 2 is 1.60 bits per heavy atom. The molecule has 1 aromatic heterocycles. The lowest BCUT2D eigenvalue weighted by molar-refractivity contribution is 0.459. The Bertz CT molecular complexity index is 570. The number of anilines is 1. The van der Waals surface area contributed by atoms with Crippen molar-refractivity contribution in [3.05, 3.63) is 46.8 Å². The first-order valence-corrected chi connectivity index (χ1v) is 6.88. The average molecular weight is 271 g/mol. The van der Waals surface area contributed by atoms with Crippen molar-refractivity contribution in [3.8, 4) is 5.75 Å². The van der Waals surface area contributed by atoms with Gasteiger partial charge in [0.15, 0.2) is 5.75 Å². The van der Waals surface area contributed by atoms with Gasteiger partial charge in [-0.1, -0.05) is 36.8 Å². The SMILES string of the molecule is CCC(Nc1nc(C)c(O)c(C)n1)c1ccc(C)cc1. The van der Waals surface area contributed by atoms with Crippen molar-refractivity contribution in [1.82, 2.24) is 9.97 Å². The van der Waals surface area contributed by atoms with E-state index in [0.29, 0.717) is 17.3 Å². The highest BCUT2D eigenvalue weighted by molar-refractivity contribution is 5.39. The van der Waals surface area contributed by atoms with E-state index in [2.05, 4.69) is 53.4 Å². The summed E-state index contributed by atoms with van der Waals surface area (Å²) < 4.78 is 0. The molecule has 20 heavy (non-hydrogen) atoms. The molecule has 0 saturated heterocycles. The third kappa shape index (κ3) is 3.07. The zero-order chi connectivity index (χ0) is 14.7. The highest BCUT2D eigenvalue weighted by Gasteiger charge is 2.12. The zero-order valence-corrected chi connectivity index (χ0v) is 12.4. The molecule has 0 spiro atoms. The van der Waals surface area contributed by atoms with E-state index < -0.39 is 0 Å². The van der Waals surface area contributed by atoms with Crippen LogP contribution in [-0.2, 0) is 0 Å². The van der Waals surface area contributed by atoms with Crippen molar-refractivity contribution in [2.75, 3.05) is 5.32 Å². The van der Waals surface area contributed by atoms with Crippen LogP contribution in [0.5, 0.6) is 5.75 Å². The van der Waals surface area contributed by atoms with Gasteiger partial charge in [0.2, 0.25) is 5.95 Å². The predicted octanol–water partition coefficient (Wildman–Crippen LogP) is 3.67. The topological polar surface area (TPSA) is 58.0 Å². The zero-order valence-electron chi connectivity index (χ0n) is 12.4. The number of nitrogens with one attached hydrogen (secondary N) is 1. The molecular formula is C16H21N3O. The van der Waals surface area contributed by atoms with Gasteiger partial charge in [-0.2, -0.15) is 0 Å². The van der Waals surface area contributed by atoms with E-state index in [1.165, 1.54) is 11.1 Å². The number of aryl methyl sites for hydroxylation is 3. The third-order valence-corrected chi connectivity index (χ3v) is 3.42. The van der Waals surface area contributed by atoms with Gasteiger partial charge in [0, 0.05) is 0 Å². The molecule has 2 rings (SSSR count). The van der Waals surface area contributed by atoms with E-state index in [1.54, 1.807) is 13.8 Å². The summed E-state index contributed by atoms with van der Waals surface area (Å²) in [6, 6.07) is 8.62. The number of aromatic nitrogens is 2. The molecule has 2 N–H and O–H groups in total. The van der Waals surface area contributed by atoms with Gasteiger partial charge in [-0.3, -0.25) is 0 Å². The fourth-order valence-corrected chi connectivity index (χ4v) is 2.15. The number of hydrogen-bond acceptors (Lipinski definition) is 4. The second kappa shape index (κ2) is 5.90. The first-order chi connectivity index (χ1) is 9.51. The minimum Gasteiger partial charge on any atom is -0.504 e. The number of hydrogen-bond donors (Lipinski definition) is 2. The Kier molecular flexibility index (Phi) is 4.23. The maximum absolute atomic E-state index is 9.72. The maximum Gasteiger partial charge on any atom is 0.223 e. The fraction of sp³-hybridized carbons (Fsp3) is 0.375. The molecular weight excluding hydrogens is 250 g/mol. The lowest BCUT2D eigenvalue weighted by Crippen LogP contribution is -2.13. The third-order valence-electron chi connectivity index (χ3n) is 3.42. The van der Waals surface area contributed by atoms with Crippen LogP contribution in [0, 0.1) is 20.8 Å². The van der Waals surface area contributed by atoms with Gasteiger partial charge >= 0.3 is 0 Å². The minimum absolute atomic E-state index is 0.166. The predicted molar refractivity (Wildman–Crippen MR) is 81.0 cm³/mol. The first-order valence-electron chi connectivity index (χ1n) is 6.88. The van der Waals surface area contributed by atoms with Crippen LogP contribution < -0.4 is 5.32 Å². The van der Waals surface area contributed by atoms with Crippen LogP contribution in [-0.4, -0.2) is 15.1 Å². The largest absolute Gasteiger partial charge is 0.504 e. The molecule has 0 aliphatic carbocycles. The molecule has 2 aromatic rings. The van der Waals surface area contributed by atoms with E-state index >= 15 is 0 Å². The van der Waals surface area contributed by atoms with Crippen molar-refractivity contribution < 1.29 is 5.11 Å². The van der Waals surface area contributed by atoms with Gasteiger partial charge in [0.25, 0.3) is 0 Å². The van der Waals surface area contributed by atoms with Crippen LogP contribution in [0.4, 0.5) is 5.95 Å². The lowest BCUT2D eigenvalue weighted by atomic mass is 10.0. The number of rotatable bonds is 4. The van der Waals surface area contributed by atoms with Crippen LogP contribution >= 0.6 is 0 Å². The maximum atomic E-state index is 9.72. The molecule has 0 fully saturated rings. The molecule has 4 nitrogen and oxygen atoms in total. The molecule has 0 saturated carbocycles. The van der Waals surface area contributed by atoms with Crippen LogP contribution in [0.2, 0.25) is 0 Å². The molecule has 1 aromatic carbocycles. The molecule has 0 aliphatic rings. The monoisotopic (exact) mass is 271 g/mol. The molecule has 106 valence electrons.